The molecule has 1 aromatic heterocycles. The van der Waals surface area contributed by atoms with E-state index in [0.717, 1.165) is 5.69 Å². The van der Waals surface area contributed by atoms with Crippen molar-refractivity contribution in [2.75, 3.05) is 6.54 Å². The maximum atomic E-state index is 11.8. The Balaban J connectivity index is 2.44. The highest BCUT2D eigenvalue weighted by Crippen LogP contribution is 2.07. The molecule has 0 aliphatic heterocycles. The van der Waals surface area contributed by atoms with E-state index in [-0.39, 0.29) is 18.0 Å². The first kappa shape index (κ1) is 14.6. The first-order valence-electron chi connectivity index (χ1n) is 6.30. The largest absolute Gasteiger partial charge is 0.354 e. The van der Waals surface area contributed by atoms with Gasteiger partial charge in [-0.25, -0.2) is 0 Å². The van der Waals surface area contributed by atoms with Crippen LogP contribution in [0.3, 0.4) is 0 Å². The molecule has 0 aliphatic rings. The average Bonchev–Trinajstić information content (AvgIpc) is 2.36. The highest BCUT2D eigenvalue weighted by molar-refractivity contribution is 5.81. The molecule has 5 heteroatoms. The number of carbonyl (C=O) groups excluding carboxylic acids is 1. The lowest BCUT2D eigenvalue weighted by atomic mass is 10.2. The summed E-state index contributed by atoms with van der Waals surface area (Å²) in [6, 6.07) is -0.251. The number of aromatic nitrogens is 2. The molecule has 2 N–H and O–H groups in total. The molecule has 5 nitrogen and oxygen atoms in total. The van der Waals surface area contributed by atoms with Crippen molar-refractivity contribution in [1.82, 2.24) is 20.6 Å². The third-order valence-electron chi connectivity index (χ3n) is 2.60. The van der Waals surface area contributed by atoms with Gasteiger partial charge in [0.15, 0.2) is 0 Å². The number of amides is 1. The van der Waals surface area contributed by atoms with E-state index in [1.54, 1.807) is 18.6 Å². The van der Waals surface area contributed by atoms with Crippen molar-refractivity contribution in [1.29, 1.82) is 0 Å². The molecule has 0 saturated carbocycles. The maximum absolute atomic E-state index is 11.8. The third kappa shape index (κ3) is 4.79. The minimum absolute atomic E-state index is 0.00139. The van der Waals surface area contributed by atoms with E-state index < -0.39 is 0 Å². The van der Waals surface area contributed by atoms with Crippen LogP contribution in [0.1, 0.15) is 39.4 Å². The summed E-state index contributed by atoms with van der Waals surface area (Å²) in [6.45, 7) is 8.66. The van der Waals surface area contributed by atoms with Gasteiger partial charge in [-0.1, -0.05) is 13.8 Å². The summed E-state index contributed by atoms with van der Waals surface area (Å²) in [5.74, 6) is 0.470. The van der Waals surface area contributed by atoms with E-state index in [0.29, 0.717) is 12.5 Å². The molecule has 0 bridgehead atoms. The minimum Gasteiger partial charge on any atom is -0.354 e. The van der Waals surface area contributed by atoms with Crippen LogP contribution in [-0.4, -0.2) is 28.5 Å². The Bertz CT molecular complexity index is 367. The first-order chi connectivity index (χ1) is 8.50. The van der Waals surface area contributed by atoms with Gasteiger partial charge in [0, 0.05) is 31.2 Å². The van der Waals surface area contributed by atoms with Crippen molar-refractivity contribution >= 4 is 5.91 Å². The summed E-state index contributed by atoms with van der Waals surface area (Å²) < 4.78 is 0. The van der Waals surface area contributed by atoms with Crippen LogP contribution < -0.4 is 10.6 Å². The van der Waals surface area contributed by atoms with Gasteiger partial charge in [0.05, 0.1) is 11.7 Å². The predicted octanol–water partition coefficient (Wildman–Crippen LogP) is 1.29. The van der Waals surface area contributed by atoms with Crippen LogP contribution in [0, 0.1) is 5.92 Å². The van der Waals surface area contributed by atoms with Gasteiger partial charge >= 0.3 is 0 Å². The molecule has 2 atom stereocenters. The SMILES string of the molecule is CC(C)CNC(=O)C(C)NC(C)c1cnccn1. The van der Waals surface area contributed by atoms with Gasteiger partial charge in [-0.2, -0.15) is 0 Å². The quantitative estimate of drug-likeness (QED) is 0.798. The third-order valence-corrected chi connectivity index (χ3v) is 2.60. The minimum atomic E-state index is -0.249. The van der Waals surface area contributed by atoms with Crippen molar-refractivity contribution < 1.29 is 4.79 Å². The van der Waals surface area contributed by atoms with Crippen LogP contribution in [0.25, 0.3) is 0 Å². The van der Waals surface area contributed by atoms with Crippen LogP contribution in [0.5, 0.6) is 0 Å². The lowest BCUT2D eigenvalue weighted by Gasteiger charge is -2.19. The smallest absolute Gasteiger partial charge is 0.236 e. The molecule has 0 spiro atoms. The Morgan fingerprint density at radius 1 is 1.28 bits per heavy atom. The Morgan fingerprint density at radius 2 is 2.00 bits per heavy atom. The van der Waals surface area contributed by atoms with Crippen LogP contribution >= 0.6 is 0 Å². The summed E-state index contributed by atoms with van der Waals surface area (Å²) in [6.07, 6.45) is 4.99. The zero-order valence-electron chi connectivity index (χ0n) is 11.5. The van der Waals surface area contributed by atoms with E-state index in [1.807, 2.05) is 13.8 Å². The summed E-state index contributed by atoms with van der Waals surface area (Å²) in [7, 11) is 0. The predicted molar refractivity (Wildman–Crippen MR) is 70.9 cm³/mol. The van der Waals surface area contributed by atoms with Gasteiger partial charge in [0.25, 0.3) is 0 Å². The molecule has 18 heavy (non-hydrogen) atoms. The Kier molecular flexibility index (Phi) is 5.71. The van der Waals surface area contributed by atoms with Crippen LogP contribution in [0.4, 0.5) is 0 Å². The summed E-state index contributed by atoms with van der Waals surface area (Å²) >= 11 is 0. The topological polar surface area (TPSA) is 66.9 Å². The van der Waals surface area contributed by atoms with Crippen molar-refractivity contribution in [3.05, 3.63) is 24.3 Å². The first-order valence-corrected chi connectivity index (χ1v) is 6.30. The molecule has 0 saturated heterocycles. The number of rotatable bonds is 6. The van der Waals surface area contributed by atoms with Gasteiger partial charge in [-0.3, -0.25) is 20.1 Å². The van der Waals surface area contributed by atoms with E-state index in [9.17, 15) is 4.79 Å². The van der Waals surface area contributed by atoms with Gasteiger partial charge in [-0.15, -0.1) is 0 Å². The molecule has 0 fully saturated rings. The van der Waals surface area contributed by atoms with Crippen molar-refractivity contribution in [2.45, 2.75) is 39.8 Å². The number of carbonyl (C=O) groups is 1. The van der Waals surface area contributed by atoms with Crippen LogP contribution in [0.2, 0.25) is 0 Å². The number of hydrogen-bond acceptors (Lipinski definition) is 4. The van der Waals surface area contributed by atoms with Gasteiger partial charge in [0.2, 0.25) is 5.91 Å². The molecular weight excluding hydrogens is 228 g/mol. The fourth-order valence-corrected chi connectivity index (χ4v) is 1.53. The zero-order valence-corrected chi connectivity index (χ0v) is 11.5. The normalized spacial score (nSPS) is 14.3. The standard InChI is InChI=1S/C13H22N4O/c1-9(2)7-16-13(18)11(4)17-10(3)12-8-14-5-6-15-12/h5-6,8-11,17H,7H2,1-4H3,(H,16,18). The summed E-state index contributed by atoms with van der Waals surface area (Å²) in [5, 5.41) is 6.11. The number of nitrogens with zero attached hydrogens (tertiary/aromatic N) is 2. The molecule has 100 valence electrons. The highest BCUT2D eigenvalue weighted by atomic mass is 16.2. The van der Waals surface area contributed by atoms with Gasteiger partial charge in [-0.05, 0) is 19.8 Å². The molecule has 2 unspecified atom stereocenters. The lowest BCUT2D eigenvalue weighted by molar-refractivity contribution is -0.123. The average molecular weight is 250 g/mol. The molecule has 0 aliphatic carbocycles. The van der Waals surface area contributed by atoms with Crippen molar-refractivity contribution in [2.24, 2.45) is 5.92 Å². The van der Waals surface area contributed by atoms with Gasteiger partial charge < -0.3 is 5.32 Å². The van der Waals surface area contributed by atoms with E-state index in [2.05, 4.69) is 34.4 Å². The number of nitrogens with one attached hydrogen (secondary N) is 2. The molecule has 0 aromatic carbocycles. The van der Waals surface area contributed by atoms with Crippen LogP contribution in [0.15, 0.2) is 18.6 Å². The molecule has 1 rings (SSSR count). The van der Waals surface area contributed by atoms with E-state index >= 15 is 0 Å². The molecule has 1 heterocycles. The summed E-state index contributed by atoms with van der Waals surface area (Å²) in [5.41, 5.74) is 0.834. The highest BCUT2D eigenvalue weighted by Gasteiger charge is 2.16. The zero-order chi connectivity index (χ0) is 13.5. The fraction of sp³-hybridized carbons (Fsp3) is 0.615. The maximum Gasteiger partial charge on any atom is 0.236 e. The fourth-order valence-electron chi connectivity index (χ4n) is 1.53. The lowest BCUT2D eigenvalue weighted by Crippen LogP contribution is -2.44. The summed E-state index contributed by atoms with van der Waals surface area (Å²) in [4.78, 5) is 20.0. The Labute approximate surface area is 108 Å². The second-order valence-electron chi connectivity index (χ2n) is 4.88. The van der Waals surface area contributed by atoms with Crippen LogP contribution in [-0.2, 0) is 4.79 Å². The van der Waals surface area contributed by atoms with Gasteiger partial charge in [0.1, 0.15) is 0 Å². The Hall–Kier alpha value is -1.49. The second-order valence-corrected chi connectivity index (χ2v) is 4.88. The molecule has 1 amide bonds. The van der Waals surface area contributed by atoms with E-state index in [1.165, 1.54) is 0 Å². The Morgan fingerprint density at radius 3 is 2.56 bits per heavy atom. The van der Waals surface area contributed by atoms with E-state index in [4.69, 9.17) is 0 Å². The van der Waals surface area contributed by atoms with Crippen molar-refractivity contribution in [3.63, 3.8) is 0 Å². The monoisotopic (exact) mass is 250 g/mol. The van der Waals surface area contributed by atoms with Crippen molar-refractivity contribution in [3.8, 4) is 0 Å². The second kappa shape index (κ2) is 7.06. The molecule has 0 radical (unpaired) electrons. The molecule has 1 aromatic rings. The molecular formula is C13H22N4O. The number of hydrogen-bond donors (Lipinski definition) is 2.